The Morgan fingerprint density at radius 2 is 0.771 bits per heavy atom. The largest absolute Gasteiger partial charge is 0.507 e. The maximum Gasteiger partial charge on any atom is 0.122 e. The summed E-state index contributed by atoms with van der Waals surface area (Å²) in [4.78, 5) is 0. The summed E-state index contributed by atoms with van der Waals surface area (Å²) >= 11 is 0. The molecule has 2 N–H and O–H groups in total. The van der Waals surface area contributed by atoms with Gasteiger partial charge in [-0.15, -0.1) is 0 Å². The molecule has 0 amide bonds. The van der Waals surface area contributed by atoms with E-state index < -0.39 is 0 Å². The summed E-state index contributed by atoms with van der Waals surface area (Å²) in [6.07, 6.45) is 4.43. The summed E-state index contributed by atoms with van der Waals surface area (Å²) in [5, 5.41) is 23.1. The van der Waals surface area contributed by atoms with Gasteiger partial charge in [0.15, 0.2) is 0 Å². The van der Waals surface area contributed by atoms with Crippen LogP contribution in [0.4, 0.5) is 0 Å². The molecule has 0 radical (unpaired) electrons. The minimum Gasteiger partial charge on any atom is -0.507 e. The van der Waals surface area contributed by atoms with Crippen LogP contribution in [0.2, 0.25) is 0 Å². The van der Waals surface area contributed by atoms with Crippen LogP contribution in [-0.2, 0) is 28.1 Å². The summed E-state index contributed by atoms with van der Waals surface area (Å²) in [5.41, 5.74) is 6.07. The molecule has 0 heterocycles. The van der Waals surface area contributed by atoms with Crippen LogP contribution in [0.5, 0.6) is 11.5 Å². The molecular weight excluding hydrogens is 428 g/mol. The van der Waals surface area contributed by atoms with Gasteiger partial charge in [0.25, 0.3) is 0 Å². The summed E-state index contributed by atoms with van der Waals surface area (Å²) in [7, 11) is 0. The molecule has 2 heteroatoms. The standard InChI is InChI=1S/C33H52O2/c1-13-30(5,6)24-18-22(28(34)26(20-24)32(9,10)15-3)17-23-19-25(31(7,8)14-2)21-27(29(23)35)33(11,12)16-4/h18-21,34-35H,13-17H2,1-12H3. The van der Waals surface area contributed by atoms with Gasteiger partial charge in [-0.1, -0.05) is 107 Å². The molecule has 2 aromatic carbocycles. The van der Waals surface area contributed by atoms with Crippen LogP contribution in [0.15, 0.2) is 24.3 Å². The van der Waals surface area contributed by atoms with E-state index in [0.717, 1.165) is 47.9 Å². The fourth-order valence-electron chi connectivity index (χ4n) is 4.47. The molecule has 2 nitrogen and oxygen atoms in total. The molecule has 0 aliphatic carbocycles. The Labute approximate surface area is 216 Å². The zero-order valence-corrected chi connectivity index (χ0v) is 24.7. The van der Waals surface area contributed by atoms with E-state index in [4.69, 9.17) is 0 Å². The zero-order valence-electron chi connectivity index (χ0n) is 24.7. The minimum atomic E-state index is -0.137. The van der Waals surface area contributed by atoms with Gasteiger partial charge in [-0.2, -0.15) is 0 Å². The van der Waals surface area contributed by atoms with Crippen molar-refractivity contribution in [2.75, 3.05) is 0 Å². The number of phenols is 2. The van der Waals surface area contributed by atoms with Crippen LogP contribution in [0, 0.1) is 0 Å². The van der Waals surface area contributed by atoms with Crippen molar-refractivity contribution in [2.45, 2.75) is 137 Å². The van der Waals surface area contributed by atoms with Crippen molar-refractivity contribution in [3.05, 3.63) is 57.6 Å². The molecule has 0 aromatic heterocycles. The fourth-order valence-corrected chi connectivity index (χ4v) is 4.47. The number of phenolic OH excluding ortho intramolecular Hbond substituents is 2. The molecule has 2 rings (SSSR count). The first-order chi connectivity index (χ1) is 16.0. The van der Waals surface area contributed by atoms with Gasteiger partial charge in [0.05, 0.1) is 0 Å². The molecule has 35 heavy (non-hydrogen) atoms. The predicted molar refractivity (Wildman–Crippen MR) is 152 cm³/mol. The first kappa shape index (κ1) is 29.3. The van der Waals surface area contributed by atoms with Gasteiger partial charge in [0.1, 0.15) is 11.5 Å². The van der Waals surface area contributed by atoms with Crippen molar-refractivity contribution in [1.29, 1.82) is 0 Å². The average molecular weight is 481 g/mol. The van der Waals surface area contributed by atoms with Crippen molar-refractivity contribution >= 4 is 0 Å². The number of aromatic hydroxyl groups is 2. The SMILES string of the molecule is CCC(C)(C)c1cc(Cc2cc(C(C)(C)CC)cc(C(C)(C)CC)c2O)c(O)c(C(C)(C)CC)c1. The molecule has 0 unspecified atom stereocenters. The van der Waals surface area contributed by atoms with E-state index in [2.05, 4.69) is 107 Å². The smallest absolute Gasteiger partial charge is 0.122 e. The lowest BCUT2D eigenvalue weighted by atomic mass is 9.73. The van der Waals surface area contributed by atoms with Gasteiger partial charge in [-0.3, -0.25) is 0 Å². The first-order valence-corrected chi connectivity index (χ1v) is 13.7. The van der Waals surface area contributed by atoms with E-state index in [1.807, 2.05) is 0 Å². The topological polar surface area (TPSA) is 40.5 Å². The third-order valence-electron chi connectivity index (χ3n) is 9.32. The summed E-state index contributed by atoms with van der Waals surface area (Å²) in [5.74, 6) is 0.756. The van der Waals surface area contributed by atoms with Crippen LogP contribution in [0.1, 0.15) is 142 Å². The molecule has 0 saturated carbocycles. The lowest BCUT2D eigenvalue weighted by Gasteiger charge is -2.32. The van der Waals surface area contributed by atoms with E-state index >= 15 is 0 Å². The Bertz CT molecular complexity index is 954. The van der Waals surface area contributed by atoms with Crippen LogP contribution >= 0.6 is 0 Å². The zero-order chi connectivity index (χ0) is 27.0. The second-order valence-electron chi connectivity index (χ2n) is 13.2. The molecular formula is C33H52O2. The number of hydrogen-bond donors (Lipinski definition) is 2. The lowest BCUT2D eigenvalue weighted by Crippen LogP contribution is -2.22. The van der Waals surface area contributed by atoms with Crippen molar-refractivity contribution in [1.82, 2.24) is 0 Å². The highest BCUT2D eigenvalue weighted by Gasteiger charge is 2.31. The molecule has 0 aliphatic rings. The summed E-state index contributed by atoms with van der Waals surface area (Å²) in [6.45, 7) is 26.7. The van der Waals surface area contributed by atoms with Crippen LogP contribution in [0.25, 0.3) is 0 Å². The molecule has 2 aromatic rings. The maximum absolute atomic E-state index is 11.5. The highest BCUT2D eigenvalue weighted by molar-refractivity contribution is 5.55. The van der Waals surface area contributed by atoms with Gasteiger partial charge >= 0.3 is 0 Å². The van der Waals surface area contributed by atoms with Crippen LogP contribution < -0.4 is 0 Å². The third kappa shape index (κ3) is 5.89. The van der Waals surface area contributed by atoms with Gasteiger partial charge in [0.2, 0.25) is 0 Å². The number of hydrogen-bond acceptors (Lipinski definition) is 2. The van der Waals surface area contributed by atoms with Gasteiger partial charge < -0.3 is 10.2 Å². The Kier molecular flexibility index (Phi) is 8.52. The third-order valence-corrected chi connectivity index (χ3v) is 9.32. The molecule has 0 aliphatic heterocycles. The van der Waals surface area contributed by atoms with Crippen molar-refractivity contribution in [3.63, 3.8) is 0 Å². The Balaban J connectivity index is 2.85. The summed E-state index contributed by atoms with van der Waals surface area (Å²) in [6, 6.07) is 8.79. The maximum atomic E-state index is 11.5. The van der Waals surface area contributed by atoms with Gasteiger partial charge in [-0.25, -0.2) is 0 Å². The normalized spacial score (nSPS) is 13.4. The van der Waals surface area contributed by atoms with Crippen molar-refractivity contribution in [3.8, 4) is 11.5 Å². The van der Waals surface area contributed by atoms with Crippen LogP contribution in [0.3, 0.4) is 0 Å². The second kappa shape index (κ2) is 10.2. The molecule has 0 saturated heterocycles. The van der Waals surface area contributed by atoms with Crippen LogP contribution in [-0.4, -0.2) is 10.2 Å². The molecule has 196 valence electrons. The van der Waals surface area contributed by atoms with E-state index in [0.29, 0.717) is 17.9 Å². The fraction of sp³-hybridized carbons (Fsp3) is 0.636. The predicted octanol–water partition coefficient (Wildman–Crippen LogP) is 9.44. The monoisotopic (exact) mass is 480 g/mol. The quantitative estimate of drug-likeness (QED) is 0.355. The Hall–Kier alpha value is -1.96. The second-order valence-corrected chi connectivity index (χ2v) is 13.2. The molecule has 0 spiro atoms. The van der Waals surface area contributed by atoms with Crippen molar-refractivity contribution in [2.24, 2.45) is 0 Å². The van der Waals surface area contributed by atoms with E-state index in [1.165, 1.54) is 11.1 Å². The average Bonchev–Trinajstić information content (AvgIpc) is 2.80. The molecule has 0 fully saturated rings. The Morgan fingerprint density at radius 3 is 1.03 bits per heavy atom. The van der Waals surface area contributed by atoms with E-state index in [9.17, 15) is 10.2 Å². The molecule has 0 atom stereocenters. The summed E-state index contributed by atoms with van der Waals surface area (Å²) < 4.78 is 0. The Morgan fingerprint density at radius 1 is 0.486 bits per heavy atom. The minimum absolute atomic E-state index is 0.00444. The van der Waals surface area contributed by atoms with Gasteiger partial charge in [-0.05, 0) is 69.6 Å². The highest BCUT2D eigenvalue weighted by atomic mass is 16.3. The van der Waals surface area contributed by atoms with E-state index in [1.54, 1.807) is 0 Å². The first-order valence-electron chi connectivity index (χ1n) is 13.7. The van der Waals surface area contributed by atoms with Gasteiger partial charge in [0, 0.05) is 17.5 Å². The lowest BCUT2D eigenvalue weighted by molar-refractivity contribution is 0.415. The number of benzene rings is 2. The molecule has 0 bridgehead atoms. The van der Waals surface area contributed by atoms with Crippen molar-refractivity contribution < 1.29 is 10.2 Å². The van der Waals surface area contributed by atoms with E-state index in [-0.39, 0.29) is 21.7 Å². The highest BCUT2D eigenvalue weighted by Crippen LogP contribution is 2.44. The number of rotatable bonds is 10.